The van der Waals surface area contributed by atoms with Gasteiger partial charge in [0, 0.05) is 29.0 Å². The summed E-state index contributed by atoms with van der Waals surface area (Å²) in [6.07, 6.45) is 2.02. The Morgan fingerprint density at radius 1 is 0.886 bits per heavy atom. The van der Waals surface area contributed by atoms with E-state index in [0.717, 1.165) is 30.7 Å². The van der Waals surface area contributed by atoms with E-state index in [4.69, 9.17) is 10.00 Å². The van der Waals surface area contributed by atoms with Crippen LogP contribution in [0.2, 0.25) is 0 Å². The van der Waals surface area contributed by atoms with Crippen molar-refractivity contribution in [3.05, 3.63) is 136 Å². The molecule has 13 heteroatoms. The van der Waals surface area contributed by atoms with Gasteiger partial charge in [-0.05, 0) is 71.4 Å². The van der Waals surface area contributed by atoms with Crippen LogP contribution >= 0.6 is 0 Å². The molecule has 2 heterocycles. The van der Waals surface area contributed by atoms with Gasteiger partial charge in [-0.25, -0.2) is 13.2 Å². The second-order valence-electron chi connectivity index (χ2n) is 9.45. The summed E-state index contributed by atoms with van der Waals surface area (Å²) >= 11 is 0. The van der Waals surface area contributed by atoms with Crippen LogP contribution in [0, 0.1) is 40.6 Å². The van der Waals surface area contributed by atoms with Crippen molar-refractivity contribution >= 4 is 0 Å². The summed E-state index contributed by atoms with van der Waals surface area (Å²) in [5.74, 6) is -1.10. The fourth-order valence-corrected chi connectivity index (χ4v) is 4.19. The molecular formula is C31H19F5N6O2. The summed E-state index contributed by atoms with van der Waals surface area (Å²) in [4.78, 5) is 4.43. The molecule has 1 N–H and O–H groups in total. The third-order valence-corrected chi connectivity index (χ3v) is 6.51. The minimum absolute atomic E-state index is 0.0576. The first-order valence-corrected chi connectivity index (χ1v) is 12.8. The van der Waals surface area contributed by atoms with E-state index in [1.807, 2.05) is 0 Å². The molecule has 44 heavy (non-hydrogen) atoms. The Morgan fingerprint density at radius 3 is 2.27 bits per heavy atom. The molecule has 220 valence electrons. The summed E-state index contributed by atoms with van der Waals surface area (Å²) in [7, 11) is 0. The SMILES string of the molecule is N#Cc1ccc(COc2ccc(C#Cc3ccc(C(F)(F)C(O)(Cn4ncnn4)c4ccc(F)cc4F)nc3)cc2)cc1F. The lowest BCUT2D eigenvalue weighted by atomic mass is 9.84. The number of aliphatic hydroxyl groups is 1. The van der Waals surface area contributed by atoms with Crippen LogP contribution in [0.3, 0.4) is 0 Å². The van der Waals surface area contributed by atoms with Crippen molar-refractivity contribution in [3.63, 3.8) is 0 Å². The molecule has 0 saturated heterocycles. The topological polar surface area (TPSA) is 110 Å². The summed E-state index contributed by atoms with van der Waals surface area (Å²) in [6.45, 7) is -0.940. The Hall–Kier alpha value is -5.66. The summed E-state index contributed by atoms with van der Waals surface area (Å²) in [6, 6.07) is 16.6. The molecule has 8 nitrogen and oxygen atoms in total. The molecule has 0 saturated carbocycles. The number of halogens is 5. The van der Waals surface area contributed by atoms with Crippen LogP contribution in [0.5, 0.6) is 5.75 Å². The monoisotopic (exact) mass is 602 g/mol. The van der Waals surface area contributed by atoms with E-state index in [2.05, 4.69) is 32.2 Å². The van der Waals surface area contributed by atoms with Crippen molar-refractivity contribution in [2.45, 2.75) is 24.7 Å². The molecule has 0 spiro atoms. The number of aromatic nitrogens is 5. The Bertz CT molecular complexity index is 1880. The number of nitrogens with zero attached hydrogens (tertiary/aromatic N) is 6. The molecule has 0 fully saturated rings. The minimum Gasteiger partial charge on any atom is -0.489 e. The lowest BCUT2D eigenvalue weighted by Crippen LogP contribution is -2.48. The Labute approximate surface area is 247 Å². The molecule has 0 radical (unpaired) electrons. The van der Waals surface area contributed by atoms with Crippen LogP contribution in [-0.2, 0) is 24.7 Å². The molecule has 1 atom stereocenters. The second kappa shape index (κ2) is 12.3. The molecule has 5 aromatic rings. The van der Waals surface area contributed by atoms with Crippen LogP contribution in [0.15, 0.2) is 85.3 Å². The van der Waals surface area contributed by atoms with E-state index in [1.165, 1.54) is 18.2 Å². The van der Waals surface area contributed by atoms with Crippen molar-refractivity contribution in [3.8, 4) is 23.7 Å². The molecule has 2 aromatic heterocycles. The molecular weight excluding hydrogens is 583 g/mol. The fourth-order valence-electron chi connectivity index (χ4n) is 4.19. The molecule has 0 bridgehead atoms. The predicted octanol–water partition coefficient (Wildman–Crippen LogP) is 5.02. The van der Waals surface area contributed by atoms with Gasteiger partial charge in [-0.1, -0.05) is 17.9 Å². The third-order valence-electron chi connectivity index (χ3n) is 6.51. The highest BCUT2D eigenvalue weighted by atomic mass is 19.3. The van der Waals surface area contributed by atoms with E-state index < -0.39 is 46.8 Å². The van der Waals surface area contributed by atoms with Gasteiger partial charge in [0.25, 0.3) is 0 Å². The Morgan fingerprint density at radius 2 is 1.64 bits per heavy atom. The van der Waals surface area contributed by atoms with Crippen LogP contribution in [0.25, 0.3) is 0 Å². The van der Waals surface area contributed by atoms with Gasteiger partial charge in [-0.3, -0.25) is 4.98 Å². The van der Waals surface area contributed by atoms with Crippen LogP contribution in [-0.4, -0.2) is 30.3 Å². The standard InChI is InChI=1S/C31H19F5N6O2/c32-24-8-11-26(28(34)14-24)30(43,18-42-40-19-39-41-42)31(35,36)29-12-6-21(16-38-29)2-1-20-4-9-25(10-5-20)44-17-22-3-7-23(15-37)27(33)13-22/h3-14,16,19,43H,17-18H2. The number of ether oxygens (including phenoxy) is 1. The fraction of sp³-hybridized carbons (Fsp3) is 0.129. The number of rotatable bonds is 8. The predicted molar refractivity (Wildman–Crippen MR) is 144 cm³/mol. The first kappa shape index (κ1) is 29.8. The molecule has 3 aromatic carbocycles. The van der Waals surface area contributed by atoms with Gasteiger partial charge in [0.05, 0.1) is 5.56 Å². The van der Waals surface area contributed by atoms with Gasteiger partial charge < -0.3 is 9.84 Å². The molecule has 0 aliphatic heterocycles. The smallest absolute Gasteiger partial charge is 0.323 e. The van der Waals surface area contributed by atoms with E-state index in [9.17, 15) is 18.3 Å². The number of nitriles is 1. The largest absolute Gasteiger partial charge is 0.489 e. The zero-order chi connectivity index (χ0) is 31.3. The van der Waals surface area contributed by atoms with Crippen molar-refractivity contribution < 1.29 is 31.8 Å². The first-order valence-electron chi connectivity index (χ1n) is 12.8. The van der Waals surface area contributed by atoms with Crippen molar-refractivity contribution in [2.75, 3.05) is 0 Å². The van der Waals surface area contributed by atoms with Crippen molar-refractivity contribution in [2.24, 2.45) is 0 Å². The third kappa shape index (κ3) is 6.23. The molecule has 0 aliphatic rings. The number of alkyl halides is 2. The van der Waals surface area contributed by atoms with Crippen LogP contribution in [0.4, 0.5) is 22.0 Å². The number of hydrogen-bond donors (Lipinski definition) is 1. The van der Waals surface area contributed by atoms with Crippen LogP contribution in [0.1, 0.15) is 33.5 Å². The number of pyridine rings is 1. The van der Waals surface area contributed by atoms with Crippen molar-refractivity contribution in [1.82, 2.24) is 25.2 Å². The maximum absolute atomic E-state index is 15.9. The molecule has 0 amide bonds. The van der Waals surface area contributed by atoms with Gasteiger partial charge in [0.2, 0.25) is 0 Å². The molecule has 0 aliphatic carbocycles. The van der Waals surface area contributed by atoms with E-state index in [-0.39, 0.29) is 17.7 Å². The van der Waals surface area contributed by atoms with E-state index in [1.54, 1.807) is 36.4 Å². The highest BCUT2D eigenvalue weighted by Crippen LogP contribution is 2.46. The van der Waals surface area contributed by atoms with Gasteiger partial charge in [0.15, 0.2) is 11.9 Å². The normalized spacial score (nSPS) is 12.5. The summed E-state index contributed by atoms with van der Waals surface area (Å²) in [5.41, 5.74) is -3.74. The van der Waals surface area contributed by atoms with Gasteiger partial charge in [-0.15, -0.1) is 10.2 Å². The number of benzene rings is 3. The highest BCUT2D eigenvalue weighted by Gasteiger charge is 2.58. The minimum atomic E-state index is -4.20. The van der Waals surface area contributed by atoms with Gasteiger partial charge in [0.1, 0.15) is 48.1 Å². The Balaban J connectivity index is 1.31. The maximum atomic E-state index is 15.9. The zero-order valence-corrected chi connectivity index (χ0v) is 22.4. The average Bonchev–Trinajstić information content (AvgIpc) is 3.52. The quantitative estimate of drug-likeness (QED) is 0.196. The lowest BCUT2D eigenvalue weighted by Gasteiger charge is -2.35. The lowest BCUT2D eigenvalue weighted by molar-refractivity contribution is -0.209. The Kier molecular flexibility index (Phi) is 8.33. The average molecular weight is 603 g/mol. The maximum Gasteiger partial charge on any atom is 0.323 e. The first-order chi connectivity index (χ1) is 21.1. The van der Waals surface area contributed by atoms with Crippen molar-refractivity contribution in [1.29, 1.82) is 5.26 Å². The van der Waals surface area contributed by atoms with Gasteiger partial charge >= 0.3 is 5.92 Å². The van der Waals surface area contributed by atoms with E-state index in [0.29, 0.717) is 27.7 Å². The summed E-state index contributed by atoms with van der Waals surface area (Å²) < 4.78 is 79.3. The number of hydrogen-bond acceptors (Lipinski definition) is 7. The second-order valence-corrected chi connectivity index (χ2v) is 9.45. The van der Waals surface area contributed by atoms with Crippen LogP contribution < -0.4 is 4.74 Å². The molecule has 5 rings (SSSR count). The van der Waals surface area contributed by atoms with E-state index >= 15 is 8.78 Å². The molecule has 1 unspecified atom stereocenters. The number of tetrazole rings is 1. The zero-order valence-electron chi connectivity index (χ0n) is 22.4. The highest BCUT2D eigenvalue weighted by molar-refractivity contribution is 5.44. The van der Waals surface area contributed by atoms with Gasteiger partial charge in [-0.2, -0.15) is 18.8 Å². The summed E-state index contributed by atoms with van der Waals surface area (Å²) in [5, 5.41) is 30.6.